The first-order valence-electron chi connectivity index (χ1n) is 6.06. The minimum Gasteiger partial charge on any atom is -0.467 e. The van der Waals surface area contributed by atoms with Gasteiger partial charge in [-0.15, -0.1) is 0 Å². The van der Waals surface area contributed by atoms with Crippen LogP contribution in [0.4, 0.5) is 14.5 Å². The second kappa shape index (κ2) is 6.67. The molecule has 21 heavy (non-hydrogen) atoms. The molecule has 0 bridgehead atoms. The van der Waals surface area contributed by atoms with E-state index in [2.05, 4.69) is 21.2 Å². The van der Waals surface area contributed by atoms with Crippen molar-refractivity contribution in [2.45, 2.75) is 6.04 Å². The summed E-state index contributed by atoms with van der Waals surface area (Å²) in [4.78, 5) is 11.9. The number of para-hydroxylation sites is 1. The molecule has 0 heterocycles. The SMILES string of the molecule is COC(=O)C(Nc1ccccc1Br)c1ccc(F)c(F)c1. The van der Waals surface area contributed by atoms with Crippen LogP contribution in [-0.2, 0) is 9.53 Å². The van der Waals surface area contributed by atoms with Gasteiger partial charge in [0.2, 0.25) is 0 Å². The second-order valence-electron chi connectivity index (χ2n) is 4.25. The Hall–Kier alpha value is -1.95. The third-order valence-electron chi connectivity index (χ3n) is 2.89. The molecular formula is C15H12BrF2NO2. The summed E-state index contributed by atoms with van der Waals surface area (Å²) in [5.41, 5.74) is 0.911. The van der Waals surface area contributed by atoms with Gasteiger partial charge in [-0.05, 0) is 45.8 Å². The summed E-state index contributed by atoms with van der Waals surface area (Å²) in [6, 6.07) is 9.49. The minimum absolute atomic E-state index is 0.275. The van der Waals surface area contributed by atoms with E-state index in [1.54, 1.807) is 18.2 Å². The van der Waals surface area contributed by atoms with Gasteiger partial charge in [-0.3, -0.25) is 0 Å². The van der Waals surface area contributed by atoms with Gasteiger partial charge in [-0.1, -0.05) is 18.2 Å². The molecule has 2 rings (SSSR count). The molecule has 2 aromatic rings. The average molecular weight is 356 g/mol. The van der Waals surface area contributed by atoms with Crippen LogP contribution in [0.1, 0.15) is 11.6 Å². The third-order valence-corrected chi connectivity index (χ3v) is 3.58. The van der Waals surface area contributed by atoms with E-state index >= 15 is 0 Å². The molecule has 110 valence electrons. The molecular weight excluding hydrogens is 344 g/mol. The van der Waals surface area contributed by atoms with Gasteiger partial charge in [0.25, 0.3) is 0 Å². The van der Waals surface area contributed by atoms with E-state index in [0.717, 1.165) is 16.6 Å². The molecule has 1 N–H and O–H groups in total. The number of esters is 1. The number of nitrogens with one attached hydrogen (secondary N) is 1. The quantitative estimate of drug-likeness (QED) is 0.840. The zero-order chi connectivity index (χ0) is 15.4. The highest BCUT2D eigenvalue weighted by Gasteiger charge is 2.23. The third kappa shape index (κ3) is 3.58. The summed E-state index contributed by atoms with van der Waals surface area (Å²) >= 11 is 3.35. The lowest BCUT2D eigenvalue weighted by molar-refractivity contribution is -0.141. The Morgan fingerprint density at radius 2 is 1.90 bits per heavy atom. The first kappa shape index (κ1) is 15.4. The lowest BCUT2D eigenvalue weighted by atomic mass is 10.1. The highest BCUT2D eigenvalue weighted by molar-refractivity contribution is 9.10. The molecule has 0 spiro atoms. The Bertz CT molecular complexity index is 664. The molecule has 0 saturated heterocycles. The number of methoxy groups -OCH3 is 1. The van der Waals surface area contributed by atoms with Gasteiger partial charge in [0, 0.05) is 10.2 Å². The van der Waals surface area contributed by atoms with E-state index in [0.29, 0.717) is 5.69 Å². The summed E-state index contributed by atoms with van der Waals surface area (Å²) in [6.07, 6.45) is 0. The van der Waals surface area contributed by atoms with Gasteiger partial charge in [0.15, 0.2) is 17.7 Å². The zero-order valence-electron chi connectivity index (χ0n) is 11.1. The van der Waals surface area contributed by atoms with Crippen LogP contribution in [0.25, 0.3) is 0 Å². The molecule has 6 heteroatoms. The molecule has 1 atom stereocenters. The summed E-state index contributed by atoms with van der Waals surface area (Å²) in [7, 11) is 1.23. The van der Waals surface area contributed by atoms with Crippen LogP contribution in [0.5, 0.6) is 0 Å². The predicted molar refractivity (Wildman–Crippen MR) is 78.9 cm³/mol. The summed E-state index contributed by atoms with van der Waals surface area (Å²) in [5.74, 6) is -2.59. The van der Waals surface area contributed by atoms with Gasteiger partial charge in [0.1, 0.15) is 0 Å². The Balaban J connectivity index is 2.37. The number of hydrogen-bond donors (Lipinski definition) is 1. The number of carbonyl (C=O) groups excluding carboxylic acids is 1. The molecule has 2 aromatic carbocycles. The number of anilines is 1. The van der Waals surface area contributed by atoms with Crippen molar-refractivity contribution < 1.29 is 18.3 Å². The summed E-state index contributed by atoms with van der Waals surface area (Å²) in [5, 5.41) is 2.95. The molecule has 0 aliphatic carbocycles. The standard InChI is InChI=1S/C15H12BrF2NO2/c1-21-15(20)14(9-6-7-11(17)12(18)8-9)19-13-5-3-2-4-10(13)16/h2-8,14,19H,1H3. The van der Waals surface area contributed by atoms with Crippen molar-refractivity contribution in [3.05, 3.63) is 64.1 Å². The van der Waals surface area contributed by atoms with E-state index < -0.39 is 23.6 Å². The minimum atomic E-state index is -1.02. The van der Waals surface area contributed by atoms with Crippen LogP contribution in [0.3, 0.4) is 0 Å². The van der Waals surface area contributed by atoms with Crippen molar-refractivity contribution in [2.75, 3.05) is 12.4 Å². The summed E-state index contributed by atoms with van der Waals surface area (Å²) in [6.45, 7) is 0. The van der Waals surface area contributed by atoms with Crippen molar-refractivity contribution in [1.82, 2.24) is 0 Å². The topological polar surface area (TPSA) is 38.3 Å². The molecule has 0 fully saturated rings. The van der Waals surface area contributed by atoms with Crippen molar-refractivity contribution >= 4 is 27.6 Å². The maximum atomic E-state index is 13.4. The second-order valence-corrected chi connectivity index (χ2v) is 5.11. The number of halogens is 3. The van der Waals surface area contributed by atoms with Crippen molar-refractivity contribution in [1.29, 1.82) is 0 Å². The lowest BCUT2D eigenvalue weighted by Crippen LogP contribution is -2.22. The number of benzene rings is 2. The lowest BCUT2D eigenvalue weighted by Gasteiger charge is -2.19. The highest BCUT2D eigenvalue weighted by Crippen LogP contribution is 2.27. The maximum Gasteiger partial charge on any atom is 0.332 e. The summed E-state index contributed by atoms with van der Waals surface area (Å²) < 4.78 is 31.8. The number of ether oxygens (including phenoxy) is 1. The fourth-order valence-corrected chi connectivity index (χ4v) is 2.22. The van der Waals surface area contributed by atoms with Crippen molar-refractivity contribution in [3.63, 3.8) is 0 Å². The van der Waals surface area contributed by atoms with Gasteiger partial charge >= 0.3 is 5.97 Å². The highest BCUT2D eigenvalue weighted by atomic mass is 79.9. The normalized spacial score (nSPS) is 11.8. The van der Waals surface area contributed by atoms with E-state index in [4.69, 9.17) is 4.74 Å². The molecule has 0 amide bonds. The van der Waals surface area contributed by atoms with Gasteiger partial charge < -0.3 is 10.1 Å². The van der Waals surface area contributed by atoms with E-state index in [1.807, 2.05) is 6.07 Å². The monoisotopic (exact) mass is 355 g/mol. The van der Waals surface area contributed by atoms with Crippen LogP contribution < -0.4 is 5.32 Å². The molecule has 3 nitrogen and oxygen atoms in total. The molecule has 0 aliphatic heterocycles. The fourth-order valence-electron chi connectivity index (χ4n) is 1.82. The smallest absolute Gasteiger partial charge is 0.332 e. The van der Waals surface area contributed by atoms with E-state index in [1.165, 1.54) is 13.2 Å². The first-order valence-corrected chi connectivity index (χ1v) is 6.86. The molecule has 0 aliphatic rings. The fraction of sp³-hybridized carbons (Fsp3) is 0.133. The molecule has 0 saturated carbocycles. The van der Waals surface area contributed by atoms with E-state index in [-0.39, 0.29) is 5.56 Å². The molecule has 0 radical (unpaired) electrons. The number of rotatable bonds is 4. The van der Waals surface area contributed by atoms with Crippen LogP contribution >= 0.6 is 15.9 Å². The van der Waals surface area contributed by atoms with Gasteiger partial charge in [0.05, 0.1) is 7.11 Å². The Morgan fingerprint density at radius 1 is 1.19 bits per heavy atom. The molecule has 1 unspecified atom stereocenters. The predicted octanol–water partition coefficient (Wildman–Crippen LogP) is 4.05. The first-order chi connectivity index (χ1) is 10.0. The van der Waals surface area contributed by atoms with Crippen LogP contribution in [0, 0.1) is 11.6 Å². The van der Waals surface area contributed by atoms with Gasteiger partial charge in [-0.2, -0.15) is 0 Å². The Morgan fingerprint density at radius 3 is 2.52 bits per heavy atom. The molecule has 0 aromatic heterocycles. The Kier molecular flexibility index (Phi) is 4.90. The van der Waals surface area contributed by atoms with E-state index in [9.17, 15) is 13.6 Å². The van der Waals surface area contributed by atoms with Crippen molar-refractivity contribution in [2.24, 2.45) is 0 Å². The van der Waals surface area contributed by atoms with Gasteiger partial charge in [-0.25, -0.2) is 13.6 Å². The number of hydrogen-bond acceptors (Lipinski definition) is 3. The Labute approximate surface area is 129 Å². The van der Waals surface area contributed by atoms with Crippen LogP contribution in [0.15, 0.2) is 46.9 Å². The zero-order valence-corrected chi connectivity index (χ0v) is 12.7. The van der Waals surface area contributed by atoms with Crippen molar-refractivity contribution in [3.8, 4) is 0 Å². The largest absolute Gasteiger partial charge is 0.467 e. The van der Waals surface area contributed by atoms with Crippen LogP contribution in [-0.4, -0.2) is 13.1 Å². The number of carbonyl (C=O) groups is 1. The van der Waals surface area contributed by atoms with Crippen LogP contribution in [0.2, 0.25) is 0 Å². The average Bonchev–Trinajstić information content (AvgIpc) is 2.48. The maximum absolute atomic E-state index is 13.4.